The van der Waals surface area contributed by atoms with Crippen molar-refractivity contribution in [2.24, 2.45) is 23.2 Å². The van der Waals surface area contributed by atoms with Crippen molar-refractivity contribution in [3.05, 3.63) is 29.3 Å². The molecule has 1 aromatic carbocycles. The Kier molecular flexibility index (Phi) is 3.32. The largest absolute Gasteiger partial charge is 0.508 e. The van der Waals surface area contributed by atoms with Crippen LogP contribution in [0.2, 0.25) is 0 Å². The minimum absolute atomic E-state index is 0.385. The van der Waals surface area contributed by atoms with Gasteiger partial charge in [0.05, 0.1) is 0 Å². The summed E-state index contributed by atoms with van der Waals surface area (Å²) in [5.74, 6) is 3.27. The predicted octanol–water partition coefficient (Wildman–Crippen LogP) is 4.45. The summed E-state index contributed by atoms with van der Waals surface area (Å²) in [7, 11) is 0. The van der Waals surface area contributed by atoms with E-state index in [4.69, 9.17) is 0 Å². The number of carbonyl (C=O) groups excluding carboxylic acids is 1. The normalized spacial score (nSPS) is 39.7. The Hall–Kier alpha value is -1.31. The van der Waals surface area contributed by atoms with Crippen LogP contribution in [-0.4, -0.2) is 11.4 Å². The Bertz CT molecular complexity index is 593. The van der Waals surface area contributed by atoms with E-state index in [2.05, 4.69) is 13.0 Å². The molecule has 1 N–H and O–H groups in total. The van der Waals surface area contributed by atoms with Gasteiger partial charge in [0.25, 0.3) is 0 Å². The molecule has 22 heavy (non-hydrogen) atoms. The van der Waals surface area contributed by atoms with Gasteiger partial charge < -0.3 is 9.90 Å². The highest BCUT2D eigenvalue weighted by Gasteiger charge is 2.54. The summed E-state index contributed by atoms with van der Waals surface area (Å²) < 4.78 is 0. The van der Waals surface area contributed by atoms with Crippen LogP contribution in [0.25, 0.3) is 0 Å². The van der Waals surface area contributed by atoms with Crippen LogP contribution in [0.1, 0.15) is 62.5 Å². The van der Waals surface area contributed by atoms with E-state index in [-0.39, 0.29) is 0 Å². The fraction of sp³-hybridized carbons (Fsp3) is 0.650. The summed E-state index contributed by atoms with van der Waals surface area (Å²) in [6.07, 6.45) is 9.33. The van der Waals surface area contributed by atoms with Gasteiger partial charge in [-0.2, -0.15) is 0 Å². The molecule has 0 heterocycles. The zero-order valence-electron chi connectivity index (χ0n) is 13.4. The summed E-state index contributed by atoms with van der Waals surface area (Å²) in [4.78, 5) is 11.0. The first kappa shape index (κ1) is 14.3. The summed E-state index contributed by atoms with van der Waals surface area (Å²) in [5.41, 5.74) is 3.25. The van der Waals surface area contributed by atoms with Gasteiger partial charge in [0.2, 0.25) is 0 Å². The summed E-state index contributed by atoms with van der Waals surface area (Å²) in [6, 6.07) is 6.00. The highest BCUT2D eigenvalue weighted by Crippen LogP contribution is 2.63. The van der Waals surface area contributed by atoms with Gasteiger partial charge in [-0.3, -0.25) is 0 Å². The van der Waals surface area contributed by atoms with Crippen LogP contribution < -0.4 is 0 Å². The van der Waals surface area contributed by atoms with E-state index in [1.165, 1.54) is 43.2 Å². The summed E-state index contributed by atoms with van der Waals surface area (Å²) >= 11 is 0. The Morgan fingerprint density at radius 2 is 2.14 bits per heavy atom. The van der Waals surface area contributed by atoms with Gasteiger partial charge in [-0.05, 0) is 90.9 Å². The zero-order chi connectivity index (χ0) is 15.3. The van der Waals surface area contributed by atoms with Crippen molar-refractivity contribution in [2.75, 3.05) is 0 Å². The van der Waals surface area contributed by atoms with E-state index in [9.17, 15) is 9.90 Å². The first-order valence-electron chi connectivity index (χ1n) is 8.89. The smallest absolute Gasteiger partial charge is 0.120 e. The molecule has 5 atom stereocenters. The molecule has 0 bridgehead atoms. The number of rotatable bonds is 2. The van der Waals surface area contributed by atoms with Crippen LogP contribution in [0, 0.1) is 23.2 Å². The van der Waals surface area contributed by atoms with Crippen molar-refractivity contribution >= 4 is 6.29 Å². The topological polar surface area (TPSA) is 37.3 Å². The van der Waals surface area contributed by atoms with Gasteiger partial charge in [-0.1, -0.05) is 13.0 Å². The fourth-order valence-electron chi connectivity index (χ4n) is 6.18. The molecule has 4 rings (SSSR count). The quantitative estimate of drug-likeness (QED) is 0.819. The average Bonchev–Trinajstić information content (AvgIpc) is 2.84. The molecule has 3 aliphatic carbocycles. The molecule has 0 saturated heterocycles. The molecule has 2 saturated carbocycles. The molecular weight excluding hydrogens is 272 g/mol. The van der Waals surface area contributed by atoms with Gasteiger partial charge in [0, 0.05) is 6.42 Å². The molecule has 3 aliphatic rings. The maximum absolute atomic E-state index is 11.0. The second kappa shape index (κ2) is 5.11. The maximum Gasteiger partial charge on any atom is 0.120 e. The van der Waals surface area contributed by atoms with Gasteiger partial charge in [-0.15, -0.1) is 0 Å². The minimum atomic E-state index is 0.385. The molecule has 2 fully saturated rings. The molecule has 0 aliphatic heterocycles. The summed E-state index contributed by atoms with van der Waals surface area (Å²) in [5, 5.41) is 9.74. The van der Waals surface area contributed by atoms with Crippen molar-refractivity contribution in [1.29, 1.82) is 0 Å². The third-order valence-electron chi connectivity index (χ3n) is 7.29. The maximum atomic E-state index is 11.0. The molecule has 1 aromatic rings. The van der Waals surface area contributed by atoms with Crippen LogP contribution in [-0.2, 0) is 11.2 Å². The number of hydrogen-bond acceptors (Lipinski definition) is 2. The fourth-order valence-corrected chi connectivity index (χ4v) is 6.18. The number of phenolic OH excluding ortho intramolecular Hbond substituents is 1. The van der Waals surface area contributed by atoms with E-state index in [0.717, 1.165) is 31.0 Å². The second-order valence-electron chi connectivity index (χ2n) is 8.02. The first-order chi connectivity index (χ1) is 10.6. The molecule has 118 valence electrons. The molecule has 0 aromatic heterocycles. The number of carbonyl (C=O) groups is 1. The van der Waals surface area contributed by atoms with Crippen molar-refractivity contribution in [2.45, 2.75) is 57.8 Å². The lowest BCUT2D eigenvalue weighted by Crippen LogP contribution is -2.42. The zero-order valence-corrected chi connectivity index (χ0v) is 13.4. The van der Waals surface area contributed by atoms with Crippen LogP contribution in [0.3, 0.4) is 0 Å². The molecule has 0 spiro atoms. The van der Waals surface area contributed by atoms with E-state index >= 15 is 0 Å². The molecule has 0 radical (unpaired) electrons. The monoisotopic (exact) mass is 298 g/mol. The first-order valence-corrected chi connectivity index (χ1v) is 8.89. The molecule has 0 unspecified atom stereocenters. The number of phenols is 1. The van der Waals surface area contributed by atoms with Crippen molar-refractivity contribution in [1.82, 2.24) is 0 Å². The third kappa shape index (κ3) is 1.96. The predicted molar refractivity (Wildman–Crippen MR) is 86.9 cm³/mol. The molecule has 2 heteroatoms. The van der Waals surface area contributed by atoms with E-state index < -0.39 is 0 Å². The molecule has 2 nitrogen and oxygen atoms in total. The van der Waals surface area contributed by atoms with Crippen molar-refractivity contribution in [3.63, 3.8) is 0 Å². The second-order valence-corrected chi connectivity index (χ2v) is 8.02. The van der Waals surface area contributed by atoms with Crippen LogP contribution >= 0.6 is 0 Å². The summed E-state index contributed by atoms with van der Waals surface area (Å²) in [6.45, 7) is 2.46. The number of benzene rings is 1. The van der Waals surface area contributed by atoms with E-state index in [1.54, 1.807) is 0 Å². The Morgan fingerprint density at radius 3 is 2.95 bits per heavy atom. The van der Waals surface area contributed by atoms with Gasteiger partial charge in [0.15, 0.2) is 0 Å². The van der Waals surface area contributed by atoms with Crippen LogP contribution in [0.4, 0.5) is 0 Å². The van der Waals surface area contributed by atoms with Crippen molar-refractivity contribution in [3.8, 4) is 5.75 Å². The number of hydrogen-bond donors (Lipinski definition) is 1. The lowest BCUT2D eigenvalue weighted by Gasteiger charge is -2.51. The van der Waals surface area contributed by atoms with Crippen LogP contribution in [0.15, 0.2) is 18.2 Å². The Labute approximate surface area is 132 Å². The highest BCUT2D eigenvalue weighted by atomic mass is 16.3. The molecular formula is C20H26O2. The van der Waals surface area contributed by atoms with E-state index in [1.807, 2.05) is 12.1 Å². The van der Waals surface area contributed by atoms with Gasteiger partial charge in [0.1, 0.15) is 12.0 Å². The van der Waals surface area contributed by atoms with Gasteiger partial charge >= 0.3 is 0 Å². The number of aromatic hydroxyl groups is 1. The highest BCUT2D eigenvalue weighted by molar-refractivity contribution is 5.50. The van der Waals surface area contributed by atoms with Gasteiger partial charge in [-0.25, -0.2) is 0 Å². The average molecular weight is 298 g/mol. The number of aryl methyl sites for hydroxylation is 1. The standard InChI is InChI=1S/C20H26O2/c1-20-10-8-17-16-6-4-15(22)12-13(16)2-5-18(17)19(20)7-3-14(20)9-11-21/h4,6,11-12,14,17-19,22H,2-3,5,7-10H2,1H3/t14-,17-,18-,19+,20-/m1/s1. The lowest BCUT2D eigenvalue weighted by molar-refractivity contribution is -0.109. The van der Waals surface area contributed by atoms with Crippen LogP contribution in [0.5, 0.6) is 5.75 Å². The van der Waals surface area contributed by atoms with E-state index in [0.29, 0.717) is 23.0 Å². The van der Waals surface area contributed by atoms with Crippen molar-refractivity contribution < 1.29 is 9.90 Å². The number of fused-ring (bicyclic) bond motifs is 5. The Balaban J connectivity index is 1.66. The minimum Gasteiger partial charge on any atom is -0.508 e. The Morgan fingerprint density at radius 1 is 1.27 bits per heavy atom. The molecule has 0 amide bonds. The SMILES string of the molecule is C[C@]12CC[C@@H]3c4ccc(O)cc4CC[C@H]3[C@@H]1CC[C@@H]2CC=O. The lowest BCUT2D eigenvalue weighted by atomic mass is 9.54. The third-order valence-corrected chi connectivity index (χ3v) is 7.29. The number of aldehydes is 1.